The molecule has 3 atom stereocenters. The summed E-state index contributed by atoms with van der Waals surface area (Å²) in [7, 11) is 0. The Morgan fingerprint density at radius 3 is 2.32 bits per heavy atom. The van der Waals surface area contributed by atoms with Gasteiger partial charge in [0.25, 0.3) is 0 Å². The van der Waals surface area contributed by atoms with Gasteiger partial charge in [0.2, 0.25) is 0 Å². The van der Waals surface area contributed by atoms with Crippen molar-refractivity contribution in [2.45, 2.75) is 84.4 Å². The van der Waals surface area contributed by atoms with Gasteiger partial charge in [-0.25, -0.2) is 4.79 Å². The molecule has 7 heteroatoms. The number of carbonyl (C=O) groups excluding carboxylic acids is 2. The summed E-state index contributed by atoms with van der Waals surface area (Å²) in [5.41, 5.74) is -1.22. The molecule has 2 fully saturated rings. The second-order valence-electron chi connectivity index (χ2n) is 7.87. The summed E-state index contributed by atoms with van der Waals surface area (Å²) in [5, 5.41) is 11.8. The number of nitrogens with zero attached hydrogens (tertiary/aromatic N) is 1. The number of rotatable bonds is 6. The molecule has 1 amide bonds. The van der Waals surface area contributed by atoms with Crippen LogP contribution in [0.5, 0.6) is 0 Å². The highest BCUT2D eigenvalue weighted by molar-refractivity contribution is 5.84. The van der Waals surface area contributed by atoms with Crippen LogP contribution in [0, 0.1) is 5.92 Å². The lowest BCUT2D eigenvalue weighted by atomic mass is 10.2. The number of hydrogen-bond donors (Lipinski definition) is 2. The molecule has 1 saturated heterocycles. The van der Waals surface area contributed by atoms with Crippen LogP contribution < -0.4 is 5.32 Å². The molecule has 1 aliphatic heterocycles. The van der Waals surface area contributed by atoms with Gasteiger partial charge in [0.05, 0.1) is 0 Å². The predicted molar refractivity (Wildman–Crippen MR) is 110 cm³/mol. The van der Waals surface area contributed by atoms with Crippen LogP contribution in [0.4, 0.5) is 4.79 Å². The van der Waals surface area contributed by atoms with Crippen LogP contribution in [0.3, 0.4) is 0 Å². The molecular weight excluding hydrogens is 360 g/mol. The lowest BCUT2D eigenvalue weighted by Crippen LogP contribution is -2.41. The van der Waals surface area contributed by atoms with Crippen LogP contribution in [0.25, 0.3) is 0 Å². The highest BCUT2D eigenvalue weighted by Gasteiger charge is 2.58. The van der Waals surface area contributed by atoms with E-state index in [1.165, 1.54) is 0 Å². The maximum atomic E-state index is 11.6. The van der Waals surface area contributed by atoms with Gasteiger partial charge >= 0.3 is 12.1 Å². The molecule has 28 heavy (non-hydrogen) atoms. The molecule has 162 valence electrons. The van der Waals surface area contributed by atoms with Gasteiger partial charge in [0.1, 0.15) is 17.4 Å². The van der Waals surface area contributed by atoms with E-state index in [2.05, 4.69) is 18.8 Å². The van der Waals surface area contributed by atoms with Crippen molar-refractivity contribution < 1.29 is 24.2 Å². The third kappa shape index (κ3) is 8.00. The summed E-state index contributed by atoms with van der Waals surface area (Å²) in [6.07, 6.45) is 5.36. The first kappa shape index (κ1) is 26.1. The highest BCUT2D eigenvalue weighted by Crippen LogP contribution is 2.44. The molecular formula is C21H38N2O5. The Balaban J connectivity index is 0.000000478. The van der Waals surface area contributed by atoms with Crippen molar-refractivity contribution in [3.63, 3.8) is 0 Å². The van der Waals surface area contributed by atoms with Crippen molar-refractivity contribution >= 4 is 18.3 Å². The normalized spacial score (nSPS) is 25.4. The minimum absolute atomic E-state index is 0.00310. The first-order valence-corrected chi connectivity index (χ1v) is 10.1. The summed E-state index contributed by atoms with van der Waals surface area (Å²) in [4.78, 5) is 34.3. The smallest absolute Gasteiger partial charge is 0.410 e. The molecule has 3 unspecified atom stereocenters. The van der Waals surface area contributed by atoms with Gasteiger partial charge in [-0.05, 0) is 47.0 Å². The standard InChI is InChI=1S/C10H19NO2.C9H13NO3.C2H6/c1-8-6-5-7-11(8)9(12)13-10(2,3)4;1-2-7-6-9(7,8(12)13)10-4-3-5-11;1-2/h8H,5-7H2,1-4H3;2,5,7,10H,1,3-4,6H2,(H,12,13);1-2H3. The fourth-order valence-electron chi connectivity index (χ4n) is 2.98. The second kappa shape index (κ2) is 11.8. The number of likely N-dealkylation sites (tertiary alicyclic amines) is 1. The number of aliphatic carboxylic acids is 1. The van der Waals surface area contributed by atoms with Crippen LogP contribution in [-0.4, -0.2) is 58.6 Å². The fraction of sp³-hybridized carbons (Fsp3) is 0.762. The third-order valence-corrected chi connectivity index (χ3v) is 4.56. The van der Waals surface area contributed by atoms with Gasteiger partial charge in [-0.15, -0.1) is 6.58 Å². The Morgan fingerprint density at radius 1 is 1.36 bits per heavy atom. The van der Waals surface area contributed by atoms with Crippen molar-refractivity contribution in [1.29, 1.82) is 0 Å². The fourth-order valence-corrected chi connectivity index (χ4v) is 2.98. The van der Waals surface area contributed by atoms with Crippen molar-refractivity contribution in [2.75, 3.05) is 13.1 Å². The monoisotopic (exact) mass is 398 g/mol. The van der Waals surface area contributed by atoms with E-state index in [4.69, 9.17) is 9.84 Å². The molecule has 0 aromatic heterocycles. The largest absolute Gasteiger partial charge is 0.480 e. The molecule has 2 rings (SSSR count). The Labute approximate surface area is 169 Å². The summed E-state index contributed by atoms with van der Waals surface area (Å²) in [6.45, 7) is 16.6. The van der Waals surface area contributed by atoms with E-state index in [0.29, 0.717) is 25.4 Å². The van der Waals surface area contributed by atoms with Gasteiger partial charge in [0, 0.05) is 31.5 Å². The summed E-state index contributed by atoms with van der Waals surface area (Å²) < 4.78 is 5.28. The number of ether oxygens (including phenoxy) is 1. The lowest BCUT2D eigenvalue weighted by Gasteiger charge is -2.26. The average Bonchev–Trinajstić information content (AvgIpc) is 3.19. The van der Waals surface area contributed by atoms with Gasteiger partial charge in [-0.1, -0.05) is 19.9 Å². The zero-order valence-corrected chi connectivity index (χ0v) is 18.3. The van der Waals surface area contributed by atoms with E-state index in [1.807, 2.05) is 39.5 Å². The molecule has 2 aliphatic rings. The first-order chi connectivity index (χ1) is 13.1. The Morgan fingerprint density at radius 2 is 1.96 bits per heavy atom. The van der Waals surface area contributed by atoms with Crippen molar-refractivity contribution in [1.82, 2.24) is 10.2 Å². The molecule has 1 saturated carbocycles. The number of hydrogen-bond acceptors (Lipinski definition) is 5. The lowest BCUT2D eigenvalue weighted by molar-refractivity contribution is -0.141. The summed E-state index contributed by atoms with van der Waals surface area (Å²) >= 11 is 0. The van der Waals surface area contributed by atoms with Crippen molar-refractivity contribution in [3.8, 4) is 0 Å². The molecule has 1 heterocycles. The van der Waals surface area contributed by atoms with E-state index in [0.717, 1.165) is 25.7 Å². The van der Waals surface area contributed by atoms with Gasteiger partial charge in [-0.3, -0.25) is 4.79 Å². The molecule has 0 bridgehead atoms. The third-order valence-electron chi connectivity index (χ3n) is 4.56. The number of amides is 1. The molecule has 0 aromatic rings. The Hall–Kier alpha value is -1.89. The van der Waals surface area contributed by atoms with Crippen LogP contribution in [0.2, 0.25) is 0 Å². The van der Waals surface area contributed by atoms with Gasteiger partial charge in [0.15, 0.2) is 0 Å². The topological polar surface area (TPSA) is 95.9 Å². The van der Waals surface area contributed by atoms with Gasteiger partial charge < -0.3 is 24.9 Å². The Kier molecular flexibility index (Phi) is 11.0. The number of carboxylic acid groups (broad SMARTS) is 1. The van der Waals surface area contributed by atoms with Crippen LogP contribution in [-0.2, 0) is 14.3 Å². The first-order valence-electron chi connectivity index (χ1n) is 10.1. The minimum atomic E-state index is -0.858. The Bertz CT molecular complexity index is 529. The molecule has 0 aromatic carbocycles. The number of aldehydes is 1. The molecule has 2 N–H and O–H groups in total. The highest BCUT2D eigenvalue weighted by atomic mass is 16.6. The molecule has 0 radical (unpaired) electrons. The molecule has 1 aliphatic carbocycles. The van der Waals surface area contributed by atoms with Crippen LogP contribution in [0.15, 0.2) is 12.7 Å². The van der Waals surface area contributed by atoms with E-state index >= 15 is 0 Å². The van der Waals surface area contributed by atoms with Crippen LogP contribution in [0.1, 0.15) is 67.2 Å². The minimum Gasteiger partial charge on any atom is -0.480 e. The zero-order valence-electron chi connectivity index (χ0n) is 18.3. The molecule has 0 spiro atoms. The summed E-state index contributed by atoms with van der Waals surface area (Å²) in [6, 6.07) is 0.342. The van der Waals surface area contributed by atoms with Gasteiger partial charge in [-0.2, -0.15) is 0 Å². The van der Waals surface area contributed by atoms with E-state index in [9.17, 15) is 14.4 Å². The summed E-state index contributed by atoms with van der Waals surface area (Å²) in [5.74, 6) is -0.861. The maximum absolute atomic E-state index is 11.6. The van der Waals surface area contributed by atoms with E-state index in [1.54, 1.807) is 6.08 Å². The molecule has 7 nitrogen and oxygen atoms in total. The van der Waals surface area contributed by atoms with Crippen LogP contribution >= 0.6 is 0 Å². The quantitative estimate of drug-likeness (QED) is 0.403. The average molecular weight is 399 g/mol. The second-order valence-corrected chi connectivity index (χ2v) is 7.87. The van der Waals surface area contributed by atoms with Crippen molar-refractivity contribution in [2.24, 2.45) is 5.92 Å². The van der Waals surface area contributed by atoms with E-state index in [-0.39, 0.29) is 17.6 Å². The predicted octanol–water partition coefficient (Wildman–Crippen LogP) is 3.63. The number of nitrogens with one attached hydrogen (secondary N) is 1. The number of carboxylic acids is 1. The van der Waals surface area contributed by atoms with Crippen molar-refractivity contribution in [3.05, 3.63) is 12.7 Å². The number of carbonyl (C=O) groups is 3. The maximum Gasteiger partial charge on any atom is 0.410 e. The SMILES string of the molecule is C=CC1CC1(NCCC=O)C(=O)O.CC.CC1CCCN1C(=O)OC(C)(C)C. The zero-order chi connectivity index (χ0) is 22.0. The van der Waals surface area contributed by atoms with E-state index < -0.39 is 11.5 Å².